The number of carbonyl (C=O) groups is 1. The summed E-state index contributed by atoms with van der Waals surface area (Å²) in [5, 5.41) is 3.82. The van der Waals surface area contributed by atoms with Gasteiger partial charge < -0.3 is 11.1 Å². The number of rotatable bonds is 5. The molecule has 0 atom stereocenters. The maximum Gasteiger partial charge on any atom is 0.251 e. The Kier molecular flexibility index (Phi) is 5.69. The van der Waals surface area contributed by atoms with Crippen LogP contribution in [0.15, 0.2) is 48.5 Å². The van der Waals surface area contributed by atoms with Gasteiger partial charge in [-0.25, -0.2) is 0 Å². The predicted octanol–water partition coefficient (Wildman–Crippen LogP) is 3.68. The smallest absolute Gasteiger partial charge is 0.251 e. The quantitative estimate of drug-likeness (QED) is 0.863. The number of amides is 1. The standard InChI is InChI=1S/C18H19ClN2O.ClH/c19-16-4-2-1-3-15(16)18(9-10-18)12-21-17(22)14-7-5-13(11-20)6-8-14;/h1-8H,9-12,20H2,(H,21,22);1H. The summed E-state index contributed by atoms with van der Waals surface area (Å²) in [5.41, 5.74) is 8.38. The van der Waals surface area contributed by atoms with Crippen LogP contribution >= 0.6 is 24.0 Å². The second-order valence-electron chi connectivity index (χ2n) is 5.84. The maximum atomic E-state index is 12.3. The van der Waals surface area contributed by atoms with Crippen LogP contribution < -0.4 is 11.1 Å². The Morgan fingerprint density at radius 3 is 2.35 bits per heavy atom. The molecule has 0 radical (unpaired) electrons. The fourth-order valence-electron chi connectivity index (χ4n) is 2.73. The molecule has 1 saturated carbocycles. The molecular weight excluding hydrogens is 331 g/mol. The molecule has 23 heavy (non-hydrogen) atoms. The first-order valence-electron chi connectivity index (χ1n) is 7.47. The Hall–Kier alpha value is -1.55. The molecule has 0 heterocycles. The fourth-order valence-corrected chi connectivity index (χ4v) is 3.06. The highest BCUT2D eigenvalue weighted by molar-refractivity contribution is 6.31. The third-order valence-corrected chi connectivity index (χ3v) is 4.67. The van der Waals surface area contributed by atoms with E-state index in [0.717, 1.165) is 29.0 Å². The molecule has 1 amide bonds. The summed E-state index contributed by atoms with van der Waals surface area (Å²) in [7, 11) is 0. The van der Waals surface area contributed by atoms with E-state index in [0.29, 0.717) is 18.7 Å². The molecule has 0 unspecified atom stereocenters. The molecule has 1 fully saturated rings. The van der Waals surface area contributed by atoms with Crippen LogP contribution in [0, 0.1) is 0 Å². The van der Waals surface area contributed by atoms with Gasteiger partial charge >= 0.3 is 0 Å². The maximum absolute atomic E-state index is 12.3. The largest absolute Gasteiger partial charge is 0.351 e. The molecule has 5 heteroatoms. The van der Waals surface area contributed by atoms with Crippen LogP contribution in [-0.4, -0.2) is 12.5 Å². The van der Waals surface area contributed by atoms with Crippen LogP contribution in [0.4, 0.5) is 0 Å². The third kappa shape index (κ3) is 3.86. The van der Waals surface area contributed by atoms with E-state index in [-0.39, 0.29) is 23.7 Å². The molecule has 3 N–H and O–H groups in total. The van der Waals surface area contributed by atoms with Gasteiger partial charge in [-0.2, -0.15) is 0 Å². The van der Waals surface area contributed by atoms with Gasteiger partial charge in [0.25, 0.3) is 5.91 Å². The Balaban J connectivity index is 0.00000192. The summed E-state index contributed by atoms with van der Waals surface area (Å²) in [6.07, 6.45) is 2.12. The molecule has 1 aliphatic carbocycles. The fraction of sp³-hybridized carbons (Fsp3) is 0.278. The zero-order chi connectivity index (χ0) is 15.6. The van der Waals surface area contributed by atoms with E-state index in [4.69, 9.17) is 17.3 Å². The second-order valence-corrected chi connectivity index (χ2v) is 6.25. The van der Waals surface area contributed by atoms with Crippen molar-refractivity contribution in [2.24, 2.45) is 5.73 Å². The molecule has 1 aliphatic rings. The lowest BCUT2D eigenvalue weighted by Gasteiger charge is -2.18. The van der Waals surface area contributed by atoms with Crippen LogP contribution in [0.25, 0.3) is 0 Å². The summed E-state index contributed by atoms with van der Waals surface area (Å²) in [6, 6.07) is 15.3. The number of halogens is 2. The Labute approximate surface area is 147 Å². The van der Waals surface area contributed by atoms with Crippen molar-refractivity contribution in [2.45, 2.75) is 24.8 Å². The van der Waals surface area contributed by atoms with Gasteiger partial charge in [-0.15, -0.1) is 12.4 Å². The van der Waals surface area contributed by atoms with Crippen molar-refractivity contribution >= 4 is 29.9 Å². The van der Waals surface area contributed by atoms with Gasteiger partial charge in [0.1, 0.15) is 0 Å². The second kappa shape index (κ2) is 7.35. The van der Waals surface area contributed by atoms with Gasteiger partial charge in [-0.3, -0.25) is 4.79 Å². The van der Waals surface area contributed by atoms with Gasteiger partial charge in [-0.1, -0.05) is 41.9 Å². The molecule has 2 aromatic carbocycles. The summed E-state index contributed by atoms with van der Waals surface area (Å²) in [4.78, 5) is 12.3. The first kappa shape index (κ1) is 17.8. The van der Waals surface area contributed by atoms with Gasteiger partial charge in [0.05, 0.1) is 0 Å². The number of nitrogens with one attached hydrogen (secondary N) is 1. The number of benzene rings is 2. The van der Waals surface area contributed by atoms with E-state index in [2.05, 4.69) is 11.4 Å². The molecule has 0 aliphatic heterocycles. The van der Waals surface area contributed by atoms with Crippen molar-refractivity contribution in [1.29, 1.82) is 0 Å². The summed E-state index contributed by atoms with van der Waals surface area (Å²) < 4.78 is 0. The minimum Gasteiger partial charge on any atom is -0.351 e. The molecule has 2 aromatic rings. The molecular formula is C18H20Cl2N2O. The van der Waals surface area contributed by atoms with Crippen molar-refractivity contribution in [3.8, 4) is 0 Å². The third-order valence-electron chi connectivity index (χ3n) is 4.34. The minimum atomic E-state index is -0.0538. The lowest BCUT2D eigenvalue weighted by molar-refractivity contribution is 0.0949. The first-order valence-corrected chi connectivity index (χ1v) is 7.85. The van der Waals surface area contributed by atoms with E-state index in [1.807, 2.05) is 42.5 Å². The molecule has 0 spiro atoms. The molecule has 3 rings (SSSR count). The molecule has 3 nitrogen and oxygen atoms in total. The Bertz CT molecular complexity index is 682. The normalized spacial score (nSPS) is 14.7. The Morgan fingerprint density at radius 1 is 1.13 bits per heavy atom. The van der Waals surface area contributed by atoms with Crippen molar-refractivity contribution in [2.75, 3.05) is 6.54 Å². The average molecular weight is 351 g/mol. The highest BCUT2D eigenvalue weighted by Gasteiger charge is 2.45. The molecule has 0 aromatic heterocycles. The van der Waals surface area contributed by atoms with E-state index < -0.39 is 0 Å². The average Bonchev–Trinajstić information content (AvgIpc) is 3.34. The topological polar surface area (TPSA) is 55.1 Å². The van der Waals surface area contributed by atoms with Crippen LogP contribution in [0.1, 0.15) is 34.3 Å². The number of hydrogen-bond donors (Lipinski definition) is 2. The van der Waals surface area contributed by atoms with Crippen LogP contribution in [-0.2, 0) is 12.0 Å². The van der Waals surface area contributed by atoms with Crippen LogP contribution in [0.2, 0.25) is 5.02 Å². The molecule has 0 bridgehead atoms. The van der Waals surface area contributed by atoms with E-state index >= 15 is 0 Å². The van der Waals surface area contributed by atoms with Gasteiger partial charge in [-0.05, 0) is 42.2 Å². The molecule has 122 valence electrons. The van der Waals surface area contributed by atoms with E-state index in [1.165, 1.54) is 0 Å². The van der Waals surface area contributed by atoms with Crippen molar-refractivity contribution < 1.29 is 4.79 Å². The summed E-state index contributed by atoms with van der Waals surface area (Å²) in [5.74, 6) is -0.0538. The molecule has 0 saturated heterocycles. The van der Waals surface area contributed by atoms with Crippen molar-refractivity contribution in [1.82, 2.24) is 5.32 Å². The van der Waals surface area contributed by atoms with Gasteiger partial charge in [0.2, 0.25) is 0 Å². The minimum absolute atomic E-state index is 0. The highest BCUT2D eigenvalue weighted by atomic mass is 35.5. The predicted molar refractivity (Wildman–Crippen MR) is 96.3 cm³/mol. The number of nitrogens with two attached hydrogens (primary N) is 1. The van der Waals surface area contributed by atoms with Gasteiger partial charge in [0, 0.05) is 29.1 Å². The summed E-state index contributed by atoms with van der Waals surface area (Å²) >= 11 is 6.29. The van der Waals surface area contributed by atoms with E-state index in [9.17, 15) is 4.79 Å². The zero-order valence-corrected chi connectivity index (χ0v) is 14.3. The zero-order valence-electron chi connectivity index (χ0n) is 12.7. The highest BCUT2D eigenvalue weighted by Crippen LogP contribution is 2.49. The van der Waals surface area contributed by atoms with Crippen molar-refractivity contribution in [3.05, 3.63) is 70.2 Å². The van der Waals surface area contributed by atoms with Gasteiger partial charge in [0.15, 0.2) is 0 Å². The van der Waals surface area contributed by atoms with Crippen LogP contribution in [0.5, 0.6) is 0 Å². The summed E-state index contributed by atoms with van der Waals surface area (Å²) in [6.45, 7) is 1.10. The van der Waals surface area contributed by atoms with Crippen molar-refractivity contribution in [3.63, 3.8) is 0 Å². The number of carbonyl (C=O) groups excluding carboxylic acids is 1. The number of hydrogen-bond acceptors (Lipinski definition) is 2. The first-order chi connectivity index (χ1) is 10.6. The lowest BCUT2D eigenvalue weighted by Crippen LogP contribution is -2.32. The monoisotopic (exact) mass is 350 g/mol. The lowest BCUT2D eigenvalue weighted by atomic mass is 9.95. The van der Waals surface area contributed by atoms with Crippen LogP contribution in [0.3, 0.4) is 0 Å². The SMILES string of the molecule is Cl.NCc1ccc(C(=O)NCC2(c3ccccc3Cl)CC2)cc1. The Morgan fingerprint density at radius 2 is 1.78 bits per heavy atom. The van der Waals surface area contributed by atoms with E-state index in [1.54, 1.807) is 0 Å².